The summed E-state index contributed by atoms with van der Waals surface area (Å²) in [6.45, 7) is 11.8. The van der Waals surface area contributed by atoms with Gasteiger partial charge in [0, 0.05) is 25.4 Å². The Morgan fingerprint density at radius 3 is 1.97 bits per heavy atom. The van der Waals surface area contributed by atoms with Crippen molar-refractivity contribution in [2.45, 2.75) is 68.8 Å². The average Bonchev–Trinajstić information content (AvgIpc) is 2.53. The summed E-state index contributed by atoms with van der Waals surface area (Å²) in [6.07, 6.45) is 0. The highest BCUT2D eigenvalue weighted by Crippen LogP contribution is 2.47. The van der Waals surface area contributed by atoms with E-state index in [0.717, 1.165) is 10.0 Å². The van der Waals surface area contributed by atoms with Crippen LogP contribution in [-0.2, 0) is 22.2 Å². The van der Waals surface area contributed by atoms with Gasteiger partial charge >= 0.3 is 5.97 Å². The molecule has 0 aliphatic heterocycles. The fourth-order valence-corrected chi connectivity index (χ4v) is 5.00. The Bertz CT molecular complexity index is 919. The molecule has 0 heterocycles. The number of rotatable bonds is 3. The average molecular weight is 518 g/mol. The van der Waals surface area contributed by atoms with Crippen LogP contribution < -0.4 is 0 Å². The molecule has 0 aliphatic rings. The molecule has 0 spiro atoms. The summed E-state index contributed by atoms with van der Waals surface area (Å²) >= 11 is 18.7. The molecule has 0 saturated heterocycles. The van der Waals surface area contributed by atoms with Gasteiger partial charge in [-0.25, -0.2) is 4.79 Å². The van der Waals surface area contributed by atoms with E-state index in [1.54, 1.807) is 12.1 Å². The number of hydrogen-bond donors (Lipinski definition) is 3. The molecule has 7 heteroatoms. The van der Waals surface area contributed by atoms with Crippen LogP contribution in [-0.4, -0.2) is 11.1 Å². The first-order valence-corrected chi connectivity index (χ1v) is 11.2. The predicted molar refractivity (Wildman–Crippen MR) is 128 cm³/mol. The van der Waals surface area contributed by atoms with E-state index in [1.165, 1.54) is 0 Å². The van der Waals surface area contributed by atoms with Crippen LogP contribution in [0.1, 0.15) is 68.6 Å². The highest BCUT2D eigenvalue weighted by atomic mass is 79.9. The number of hydrogen-bond acceptors (Lipinski definition) is 5. The van der Waals surface area contributed by atoms with Crippen LogP contribution in [0.15, 0.2) is 32.5 Å². The second-order valence-electron chi connectivity index (χ2n) is 9.00. The molecular formula is C22H26BrClO3S2. The largest absolute Gasteiger partial charge is 0.507 e. The van der Waals surface area contributed by atoms with Crippen molar-refractivity contribution in [1.82, 2.24) is 0 Å². The van der Waals surface area contributed by atoms with Crippen molar-refractivity contribution in [2.24, 2.45) is 0 Å². The topological polar surface area (TPSA) is 46.5 Å². The van der Waals surface area contributed by atoms with Gasteiger partial charge in [-0.3, -0.25) is 0 Å². The third-order valence-electron chi connectivity index (χ3n) is 4.48. The molecule has 2 aromatic carbocycles. The standard InChI is InChI=1S/C22H26BrClO3S2/c1-21(2,3)15-17(25)16(22(4,5)6)19(29)14(18(15)28)20(26)27-10-11-7-8-12(23)13(24)9-11/h7-9,25,28-29H,10H2,1-6H3. The van der Waals surface area contributed by atoms with E-state index in [-0.39, 0.29) is 17.9 Å². The molecule has 0 fully saturated rings. The van der Waals surface area contributed by atoms with Gasteiger partial charge < -0.3 is 9.84 Å². The van der Waals surface area contributed by atoms with E-state index < -0.39 is 16.8 Å². The van der Waals surface area contributed by atoms with Gasteiger partial charge in [-0.15, -0.1) is 25.3 Å². The van der Waals surface area contributed by atoms with E-state index in [1.807, 2.05) is 47.6 Å². The summed E-state index contributed by atoms with van der Waals surface area (Å²) in [5, 5.41) is 11.6. The summed E-state index contributed by atoms with van der Waals surface area (Å²) in [6, 6.07) is 5.36. The normalized spacial score (nSPS) is 12.2. The van der Waals surface area contributed by atoms with Crippen LogP contribution >= 0.6 is 52.8 Å². The lowest BCUT2D eigenvalue weighted by Gasteiger charge is -2.31. The zero-order valence-electron chi connectivity index (χ0n) is 17.4. The Balaban J connectivity index is 2.55. The van der Waals surface area contributed by atoms with Crippen LogP contribution in [0.25, 0.3) is 0 Å². The summed E-state index contributed by atoms with van der Waals surface area (Å²) < 4.78 is 6.32. The number of thiol groups is 2. The van der Waals surface area contributed by atoms with Crippen molar-refractivity contribution in [3.05, 3.63) is 49.9 Å². The smallest absolute Gasteiger partial charge is 0.340 e. The fraction of sp³-hybridized carbons (Fsp3) is 0.409. The number of phenolic OH excluding ortho intramolecular Hbond substituents is 1. The number of halogens is 2. The predicted octanol–water partition coefficient (Wildman–Crippen LogP) is 7.34. The minimum atomic E-state index is -0.546. The number of aromatic hydroxyl groups is 1. The van der Waals surface area contributed by atoms with Crippen LogP contribution in [0, 0.1) is 0 Å². The van der Waals surface area contributed by atoms with Crippen LogP contribution in [0.4, 0.5) is 0 Å². The lowest BCUT2D eigenvalue weighted by molar-refractivity contribution is 0.0463. The van der Waals surface area contributed by atoms with E-state index >= 15 is 0 Å². The zero-order chi connectivity index (χ0) is 22.3. The molecule has 1 N–H and O–H groups in total. The second-order valence-corrected chi connectivity index (χ2v) is 11.2. The number of esters is 1. The van der Waals surface area contributed by atoms with Gasteiger partial charge in [0.15, 0.2) is 0 Å². The van der Waals surface area contributed by atoms with Crippen molar-refractivity contribution >= 4 is 58.8 Å². The molecule has 0 saturated carbocycles. The molecule has 0 unspecified atom stereocenters. The Labute approximate surface area is 197 Å². The van der Waals surface area contributed by atoms with Gasteiger partial charge in [-0.1, -0.05) is 59.2 Å². The van der Waals surface area contributed by atoms with Crippen molar-refractivity contribution in [1.29, 1.82) is 0 Å². The van der Waals surface area contributed by atoms with E-state index in [4.69, 9.17) is 16.3 Å². The minimum Gasteiger partial charge on any atom is -0.507 e. The molecular weight excluding hydrogens is 492 g/mol. The Morgan fingerprint density at radius 2 is 1.55 bits per heavy atom. The molecule has 2 aromatic rings. The quantitative estimate of drug-likeness (QED) is 0.295. The number of carbonyl (C=O) groups excluding carboxylic acids is 1. The highest BCUT2D eigenvalue weighted by molar-refractivity contribution is 9.10. The zero-order valence-corrected chi connectivity index (χ0v) is 21.5. The molecule has 3 nitrogen and oxygen atoms in total. The molecule has 158 valence electrons. The second kappa shape index (κ2) is 8.74. The lowest BCUT2D eigenvalue weighted by atomic mass is 9.78. The fourth-order valence-electron chi connectivity index (χ4n) is 3.18. The summed E-state index contributed by atoms with van der Waals surface area (Å²) in [5.41, 5.74) is 1.35. The van der Waals surface area contributed by atoms with Gasteiger partial charge in [0.25, 0.3) is 0 Å². The third-order valence-corrected chi connectivity index (χ3v) is 6.61. The SMILES string of the molecule is CC(C)(C)c1c(O)c(C(C)(C)C)c(S)c(C(=O)OCc2ccc(Br)c(Cl)c2)c1S. The monoisotopic (exact) mass is 516 g/mol. The molecule has 0 radical (unpaired) electrons. The van der Waals surface area contributed by atoms with E-state index in [0.29, 0.717) is 25.9 Å². The molecule has 0 atom stereocenters. The van der Waals surface area contributed by atoms with Crippen LogP contribution in [0.5, 0.6) is 5.75 Å². The van der Waals surface area contributed by atoms with E-state index in [9.17, 15) is 9.90 Å². The first-order valence-electron chi connectivity index (χ1n) is 9.09. The lowest BCUT2D eigenvalue weighted by Crippen LogP contribution is -2.22. The van der Waals surface area contributed by atoms with Gasteiger partial charge in [-0.2, -0.15) is 0 Å². The molecule has 0 bridgehead atoms. The Hall–Kier alpha value is -0.820. The van der Waals surface area contributed by atoms with Crippen LogP contribution in [0.2, 0.25) is 5.02 Å². The molecule has 0 aliphatic carbocycles. The van der Waals surface area contributed by atoms with Crippen LogP contribution in [0.3, 0.4) is 0 Å². The highest BCUT2D eigenvalue weighted by Gasteiger charge is 2.34. The van der Waals surface area contributed by atoms with Crippen molar-refractivity contribution in [2.75, 3.05) is 0 Å². The van der Waals surface area contributed by atoms with Gasteiger partial charge in [-0.05, 0) is 44.5 Å². The van der Waals surface area contributed by atoms with Crippen molar-refractivity contribution in [3.63, 3.8) is 0 Å². The summed E-state index contributed by atoms with van der Waals surface area (Å²) in [5.74, 6) is -0.425. The summed E-state index contributed by atoms with van der Waals surface area (Å²) in [7, 11) is 0. The number of carbonyl (C=O) groups is 1. The molecule has 0 aromatic heterocycles. The van der Waals surface area contributed by atoms with Gasteiger partial charge in [0.05, 0.1) is 10.6 Å². The Kier molecular flexibility index (Phi) is 7.36. The first kappa shape index (κ1) is 24.4. The molecule has 29 heavy (non-hydrogen) atoms. The maximum Gasteiger partial charge on any atom is 0.340 e. The maximum absolute atomic E-state index is 13.0. The van der Waals surface area contributed by atoms with Gasteiger partial charge in [0.1, 0.15) is 12.4 Å². The third kappa shape index (κ3) is 5.27. The van der Waals surface area contributed by atoms with Crippen molar-refractivity contribution < 1.29 is 14.6 Å². The Morgan fingerprint density at radius 1 is 1.07 bits per heavy atom. The van der Waals surface area contributed by atoms with Crippen molar-refractivity contribution in [3.8, 4) is 5.75 Å². The minimum absolute atomic E-state index is 0.0584. The van der Waals surface area contributed by atoms with Gasteiger partial charge in [0.2, 0.25) is 0 Å². The number of benzene rings is 2. The number of phenols is 1. The maximum atomic E-state index is 13.0. The molecule has 2 rings (SSSR count). The summed E-state index contributed by atoms with van der Waals surface area (Å²) in [4.78, 5) is 13.8. The first-order chi connectivity index (χ1) is 13.2. The number of ether oxygens (including phenoxy) is 1. The molecule has 0 amide bonds. The van der Waals surface area contributed by atoms with E-state index in [2.05, 4.69) is 41.2 Å².